The van der Waals surface area contributed by atoms with Gasteiger partial charge < -0.3 is 15.4 Å². The molecule has 2 N–H and O–H groups in total. The Hall–Kier alpha value is -1.71. The highest BCUT2D eigenvalue weighted by molar-refractivity contribution is 5.80. The van der Waals surface area contributed by atoms with Crippen LogP contribution in [-0.4, -0.2) is 26.2 Å². The minimum atomic E-state index is 0.282. The highest BCUT2D eigenvalue weighted by Crippen LogP contribution is 2.56. The van der Waals surface area contributed by atoms with Crippen LogP contribution in [0.1, 0.15) is 50.1 Å². The van der Waals surface area contributed by atoms with E-state index in [1.54, 1.807) is 0 Å². The van der Waals surface area contributed by atoms with Crippen LogP contribution in [0.2, 0.25) is 0 Å². The topological polar surface area (TPSA) is 45.7 Å². The minimum Gasteiger partial charge on any atom is -0.493 e. The standard InChI is InChI=1S/C19H27N3O/c1-20-18(21-13-19(10-4-11-19)14-7-8-14)22-16-9-12-23-17-6-3-2-5-15(16)17/h2-3,5-6,14,16H,4,7-13H2,1H3,(H2,20,21,22). The predicted molar refractivity (Wildman–Crippen MR) is 92.8 cm³/mol. The normalized spacial score (nSPS) is 25.8. The zero-order chi connectivity index (χ0) is 15.7. The average Bonchev–Trinajstić information content (AvgIpc) is 3.38. The van der Waals surface area contributed by atoms with Crippen LogP contribution in [0, 0.1) is 11.3 Å². The van der Waals surface area contributed by atoms with Crippen LogP contribution in [0.4, 0.5) is 0 Å². The van der Waals surface area contributed by atoms with Gasteiger partial charge in [0.2, 0.25) is 0 Å². The van der Waals surface area contributed by atoms with E-state index in [-0.39, 0.29) is 6.04 Å². The van der Waals surface area contributed by atoms with Crippen molar-refractivity contribution in [2.75, 3.05) is 20.2 Å². The van der Waals surface area contributed by atoms with E-state index in [0.717, 1.165) is 37.2 Å². The summed E-state index contributed by atoms with van der Waals surface area (Å²) in [6.07, 6.45) is 8.02. The highest BCUT2D eigenvalue weighted by Gasteiger charge is 2.48. The Bertz CT molecular complexity index is 590. The van der Waals surface area contributed by atoms with E-state index in [9.17, 15) is 0 Å². The van der Waals surface area contributed by atoms with E-state index in [2.05, 4.69) is 33.8 Å². The van der Waals surface area contributed by atoms with Gasteiger partial charge in [-0.1, -0.05) is 24.6 Å². The zero-order valence-electron chi connectivity index (χ0n) is 14.0. The second kappa shape index (κ2) is 6.06. The summed E-state index contributed by atoms with van der Waals surface area (Å²) in [6.45, 7) is 1.83. The Morgan fingerprint density at radius 3 is 2.78 bits per heavy atom. The van der Waals surface area contributed by atoms with Crippen molar-refractivity contribution in [1.82, 2.24) is 10.6 Å². The molecular weight excluding hydrogens is 286 g/mol. The Labute approximate surface area is 138 Å². The maximum absolute atomic E-state index is 5.75. The Morgan fingerprint density at radius 1 is 1.26 bits per heavy atom. The second-order valence-electron chi connectivity index (χ2n) is 7.29. The van der Waals surface area contributed by atoms with E-state index in [0.29, 0.717) is 5.41 Å². The third-order valence-electron chi connectivity index (χ3n) is 5.89. The third kappa shape index (κ3) is 2.91. The highest BCUT2D eigenvalue weighted by atomic mass is 16.5. The lowest BCUT2D eigenvalue weighted by Gasteiger charge is -2.43. The smallest absolute Gasteiger partial charge is 0.191 e. The van der Waals surface area contributed by atoms with Crippen LogP contribution < -0.4 is 15.4 Å². The number of nitrogens with one attached hydrogen (secondary N) is 2. The van der Waals surface area contributed by atoms with Crippen LogP contribution in [0.3, 0.4) is 0 Å². The number of aliphatic imine (C=N–C) groups is 1. The number of benzene rings is 1. The Kier molecular flexibility index (Phi) is 3.92. The van der Waals surface area contributed by atoms with E-state index in [4.69, 9.17) is 4.74 Å². The lowest BCUT2D eigenvalue weighted by molar-refractivity contribution is 0.105. The van der Waals surface area contributed by atoms with Gasteiger partial charge in [-0.15, -0.1) is 0 Å². The number of guanidine groups is 1. The number of ether oxygens (including phenoxy) is 1. The molecule has 0 saturated heterocycles. The van der Waals surface area contributed by atoms with Crippen molar-refractivity contribution in [3.05, 3.63) is 29.8 Å². The van der Waals surface area contributed by atoms with Gasteiger partial charge in [0.15, 0.2) is 5.96 Å². The van der Waals surface area contributed by atoms with Gasteiger partial charge in [-0.05, 0) is 43.1 Å². The molecule has 1 aliphatic heterocycles. The number of hydrogen-bond donors (Lipinski definition) is 2. The summed E-state index contributed by atoms with van der Waals surface area (Å²) in [6, 6.07) is 8.59. The molecule has 1 unspecified atom stereocenters. The molecule has 1 aromatic carbocycles. The number of rotatable bonds is 4. The SMILES string of the molecule is CN=C(NCC1(C2CC2)CCC1)NC1CCOc2ccccc21. The number of hydrogen-bond acceptors (Lipinski definition) is 2. The quantitative estimate of drug-likeness (QED) is 0.662. The van der Waals surface area contributed by atoms with E-state index in [1.807, 2.05) is 13.1 Å². The van der Waals surface area contributed by atoms with Gasteiger partial charge >= 0.3 is 0 Å². The largest absolute Gasteiger partial charge is 0.493 e. The van der Waals surface area contributed by atoms with Crippen molar-refractivity contribution in [3.8, 4) is 5.75 Å². The van der Waals surface area contributed by atoms with Crippen LogP contribution in [0.25, 0.3) is 0 Å². The summed E-state index contributed by atoms with van der Waals surface area (Å²) >= 11 is 0. The first kappa shape index (κ1) is 14.9. The predicted octanol–water partition coefficient (Wildman–Crippen LogP) is 3.26. The Morgan fingerprint density at radius 2 is 2.09 bits per heavy atom. The number of para-hydroxylation sites is 1. The van der Waals surface area contributed by atoms with Crippen LogP contribution >= 0.6 is 0 Å². The molecule has 1 heterocycles. The molecule has 0 bridgehead atoms. The third-order valence-corrected chi connectivity index (χ3v) is 5.89. The van der Waals surface area contributed by atoms with Gasteiger partial charge in [-0.25, -0.2) is 0 Å². The van der Waals surface area contributed by atoms with E-state index >= 15 is 0 Å². The lowest BCUT2D eigenvalue weighted by Crippen LogP contribution is -2.48. The first-order valence-electron chi connectivity index (χ1n) is 9.00. The second-order valence-corrected chi connectivity index (χ2v) is 7.29. The number of nitrogens with zero attached hydrogens (tertiary/aromatic N) is 1. The van der Waals surface area contributed by atoms with Crippen molar-refractivity contribution >= 4 is 5.96 Å². The Balaban J connectivity index is 1.39. The summed E-state index contributed by atoms with van der Waals surface area (Å²) in [7, 11) is 1.87. The summed E-state index contributed by atoms with van der Waals surface area (Å²) < 4.78 is 5.75. The van der Waals surface area contributed by atoms with Gasteiger partial charge in [-0.2, -0.15) is 0 Å². The fourth-order valence-corrected chi connectivity index (χ4v) is 4.17. The monoisotopic (exact) mass is 313 g/mol. The molecule has 23 heavy (non-hydrogen) atoms. The van der Waals surface area contributed by atoms with E-state index in [1.165, 1.54) is 37.7 Å². The molecule has 4 nitrogen and oxygen atoms in total. The molecule has 1 atom stereocenters. The molecule has 2 fully saturated rings. The van der Waals surface area contributed by atoms with Crippen molar-refractivity contribution in [3.63, 3.8) is 0 Å². The fourth-order valence-electron chi connectivity index (χ4n) is 4.17. The molecule has 4 heteroatoms. The molecule has 3 aliphatic rings. The molecule has 0 radical (unpaired) electrons. The van der Waals surface area contributed by atoms with Crippen molar-refractivity contribution in [2.24, 2.45) is 16.3 Å². The average molecular weight is 313 g/mol. The minimum absolute atomic E-state index is 0.282. The van der Waals surface area contributed by atoms with Crippen molar-refractivity contribution in [1.29, 1.82) is 0 Å². The summed E-state index contributed by atoms with van der Waals surface area (Å²) in [4.78, 5) is 4.45. The lowest BCUT2D eigenvalue weighted by atomic mass is 9.65. The molecule has 0 spiro atoms. The van der Waals surface area contributed by atoms with Gasteiger partial charge in [-0.3, -0.25) is 4.99 Å². The molecule has 1 aromatic rings. The molecule has 4 rings (SSSR count). The summed E-state index contributed by atoms with van der Waals surface area (Å²) in [5, 5.41) is 7.21. The number of fused-ring (bicyclic) bond motifs is 1. The first-order valence-corrected chi connectivity index (χ1v) is 9.00. The molecule has 2 saturated carbocycles. The molecule has 124 valence electrons. The summed E-state index contributed by atoms with van der Waals surface area (Å²) in [5.41, 5.74) is 1.80. The van der Waals surface area contributed by atoms with Gasteiger partial charge in [0.25, 0.3) is 0 Å². The molecule has 2 aliphatic carbocycles. The van der Waals surface area contributed by atoms with Crippen LogP contribution in [-0.2, 0) is 0 Å². The van der Waals surface area contributed by atoms with E-state index < -0.39 is 0 Å². The van der Waals surface area contributed by atoms with Gasteiger partial charge in [0.05, 0.1) is 12.6 Å². The first-order chi connectivity index (χ1) is 11.3. The molecule has 0 aromatic heterocycles. The fraction of sp³-hybridized carbons (Fsp3) is 0.632. The molecular formula is C19H27N3O. The van der Waals surface area contributed by atoms with Crippen molar-refractivity contribution < 1.29 is 4.74 Å². The maximum Gasteiger partial charge on any atom is 0.191 e. The zero-order valence-corrected chi connectivity index (χ0v) is 14.0. The maximum atomic E-state index is 5.75. The van der Waals surface area contributed by atoms with Gasteiger partial charge in [0.1, 0.15) is 5.75 Å². The summed E-state index contributed by atoms with van der Waals surface area (Å²) in [5.74, 6) is 2.89. The van der Waals surface area contributed by atoms with Crippen LogP contribution in [0.5, 0.6) is 5.75 Å². The van der Waals surface area contributed by atoms with Gasteiger partial charge in [0, 0.05) is 25.6 Å². The molecule has 0 amide bonds. The van der Waals surface area contributed by atoms with Crippen molar-refractivity contribution in [2.45, 2.75) is 44.6 Å². The van der Waals surface area contributed by atoms with Crippen LogP contribution in [0.15, 0.2) is 29.3 Å².